The van der Waals surface area contributed by atoms with Gasteiger partial charge in [-0.3, -0.25) is 4.79 Å². The molecule has 3 aromatic carbocycles. The van der Waals surface area contributed by atoms with Crippen molar-refractivity contribution in [2.45, 2.75) is 24.4 Å². The molecule has 0 atom stereocenters. The third kappa shape index (κ3) is 5.64. The predicted molar refractivity (Wildman–Crippen MR) is 163 cm³/mol. The van der Waals surface area contributed by atoms with Gasteiger partial charge in [-0.25, -0.2) is 9.78 Å². The lowest BCUT2D eigenvalue weighted by Gasteiger charge is -2.16. The maximum atomic E-state index is 13.0. The molecule has 0 bridgehead atoms. The van der Waals surface area contributed by atoms with Crippen LogP contribution in [0.5, 0.6) is 0 Å². The van der Waals surface area contributed by atoms with E-state index in [2.05, 4.69) is 27.6 Å². The third-order valence-electron chi connectivity index (χ3n) is 6.88. The molecule has 0 fully saturated rings. The topological polar surface area (TPSA) is 94.1 Å². The number of aryl methyl sites for hydroxylation is 1. The fourth-order valence-corrected chi connectivity index (χ4v) is 6.97. The number of amides is 1. The van der Waals surface area contributed by atoms with Gasteiger partial charge in [0, 0.05) is 28.2 Å². The van der Waals surface area contributed by atoms with Gasteiger partial charge in [-0.1, -0.05) is 96.7 Å². The number of esters is 1. The molecule has 0 spiro atoms. The molecule has 7 nitrogen and oxygen atoms in total. The molecule has 1 amide bonds. The van der Waals surface area contributed by atoms with Crippen LogP contribution in [0.2, 0.25) is 0 Å². The van der Waals surface area contributed by atoms with E-state index in [-0.39, 0.29) is 12.3 Å². The monoisotopic (exact) mass is 578 g/mol. The fourth-order valence-electron chi connectivity index (χ4n) is 4.93. The van der Waals surface area contributed by atoms with Crippen LogP contribution in [-0.4, -0.2) is 39.9 Å². The number of fused-ring (bicyclic) bond motifs is 3. The number of carbonyl (C=O) groups excluding carboxylic acids is 2. The Morgan fingerprint density at radius 1 is 0.878 bits per heavy atom. The van der Waals surface area contributed by atoms with Crippen molar-refractivity contribution in [1.82, 2.24) is 15.2 Å². The Morgan fingerprint density at radius 3 is 2.29 bits per heavy atom. The highest BCUT2D eigenvalue weighted by Gasteiger charge is 2.29. The van der Waals surface area contributed by atoms with Crippen LogP contribution in [0.15, 0.2) is 90.1 Å². The van der Waals surface area contributed by atoms with Gasteiger partial charge in [0.25, 0.3) is 0 Å². The molecule has 0 unspecified atom stereocenters. The molecule has 6 rings (SSSR count). The molecule has 1 aliphatic carbocycles. The van der Waals surface area contributed by atoms with E-state index in [0.29, 0.717) is 27.2 Å². The summed E-state index contributed by atoms with van der Waals surface area (Å²) in [4.78, 5) is 31.6. The minimum absolute atomic E-state index is 0.188. The number of benzene rings is 3. The average Bonchev–Trinajstić information content (AvgIpc) is 3.39. The molecule has 2 aromatic heterocycles. The van der Waals surface area contributed by atoms with E-state index in [1.54, 1.807) is 0 Å². The molecule has 0 radical (unpaired) electrons. The summed E-state index contributed by atoms with van der Waals surface area (Å²) >= 11 is 2.80. The highest BCUT2D eigenvalue weighted by molar-refractivity contribution is 7.99. The number of anilines is 1. The first-order chi connectivity index (χ1) is 20.1. The minimum Gasteiger partial charge on any atom is -0.465 e. The number of ether oxygens (including phenoxy) is 1. The summed E-state index contributed by atoms with van der Waals surface area (Å²) < 4.78 is 5.09. The maximum absolute atomic E-state index is 13.0. The van der Waals surface area contributed by atoms with E-state index in [4.69, 9.17) is 9.72 Å². The van der Waals surface area contributed by atoms with Crippen molar-refractivity contribution >= 4 is 40.0 Å². The summed E-state index contributed by atoms with van der Waals surface area (Å²) in [5.74, 6) is -0.168. The Labute approximate surface area is 246 Å². The van der Waals surface area contributed by atoms with E-state index >= 15 is 0 Å². The van der Waals surface area contributed by atoms with Gasteiger partial charge in [-0.15, -0.1) is 21.5 Å². The number of thiophene rings is 1. The lowest BCUT2D eigenvalue weighted by Crippen LogP contribution is -2.15. The van der Waals surface area contributed by atoms with Gasteiger partial charge < -0.3 is 10.1 Å². The van der Waals surface area contributed by atoms with Crippen LogP contribution >= 0.6 is 23.1 Å². The number of nitrogens with zero attached hydrogens (tertiary/aromatic N) is 3. The predicted octanol–water partition coefficient (Wildman–Crippen LogP) is 6.94. The summed E-state index contributed by atoms with van der Waals surface area (Å²) in [5.41, 5.74) is 7.08. The number of hydrogen-bond donors (Lipinski definition) is 1. The van der Waals surface area contributed by atoms with Crippen LogP contribution in [0.3, 0.4) is 0 Å². The summed E-state index contributed by atoms with van der Waals surface area (Å²) in [7, 11) is 1.37. The van der Waals surface area contributed by atoms with Crippen LogP contribution < -0.4 is 5.32 Å². The molecule has 0 saturated carbocycles. The zero-order valence-corrected chi connectivity index (χ0v) is 23.9. The SMILES string of the molecule is COC(=O)c1c(NC(=O)CCSc2nnc(-c3ccccc3)c(-c3ccccc3)n2)sc2c1CCc1ccccc1-2. The van der Waals surface area contributed by atoms with Gasteiger partial charge in [-0.2, -0.15) is 0 Å². The first-order valence-corrected chi connectivity index (χ1v) is 15.0. The number of methoxy groups -OCH3 is 1. The van der Waals surface area contributed by atoms with Crippen molar-refractivity contribution in [3.63, 3.8) is 0 Å². The second-order valence-corrected chi connectivity index (χ2v) is 11.5. The Kier molecular flexibility index (Phi) is 7.89. The Morgan fingerprint density at radius 2 is 1.56 bits per heavy atom. The number of aromatic nitrogens is 3. The molecule has 204 valence electrons. The summed E-state index contributed by atoms with van der Waals surface area (Å²) in [6, 6.07) is 27.9. The van der Waals surface area contributed by atoms with Crippen LogP contribution in [0, 0.1) is 0 Å². The van der Waals surface area contributed by atoms with Gasteiger partial charge >= 0.3 is 5.97 Å². The van der Waals surface area contributed by atoms with Crippen molar-refractivity contribution in [2.75, 3.05) is 18.2 Å². The quantitative estimate of drug-likeness (QED) is 0.157. The highest BCUT2D eigenvalue weighted by Crippen LogP contribution is 2.45. The average molecular weight is 579 g/mol. The van der Waals surface area contributed by atoms with Crippen LogP contribution in [0.1, 0.15) is 27.9 Å². The molecular weight excluding hydrogens is 553 g/mol. The Balaban J connectivity index is 1.18. The molecule has 0 saturated heterocycles. The third-order valence-corrected chi connectivity index (χ3v) is 8.90. The van der Waals surface area contributed by atoms with E-state index in [1.165, 1.54) is 35.8 Å². The smallest absolute Gasteiger partial charge is 0.341 e. The summed E-state index contributed by atoms with van der Waals surface area (Å²) in [5, 5.41) is 12.9. The first kappa shape index (κ1) is 26.9. The number of nitrogens with one attached hydrogen (secondary N) is 1. The molecule has 5 aromatic rings. The molecule has 9 heteroatoms. The molecule has 41 heavy (non-hydrogen) atoms. The van der Waals surface area contributed by atoms with Crippen molar-refractivity contribution < 1.29 is 14.3 Å². The molecule has 2 heterocycles. The number of thioether (sulfide) groups is 1. The lowest BCUT2D eigenvalue weighted by atomic mass is 9.89. The van der Waals surface area contributed by atoms with E-state index in [0.717, 1.165) is 45.7 Å². The Bertz CT molecular complexity index is 1720. The minimum atomic E-state index is -0.432. The molecular formula is C32H26N4O3S2. The zero-order valence-electron chi connectivity index (χ0n) is 22.3. The number of rotatable bonds is 8. The van der Waals surface area contributed by atoms with Crippen molar-refractivity contribution in [3.8, 4) is 33.0 Å². The lowest BCUT2D eigenvalue weighted by molar-refractivity contribution is -0.115. The van der Waals surface area contributed by atoms with Crippen LogP contribution in [0.25, 0.3) is 33.0 Å². The summed E-state index contributed by atoms with van der Waals surface area (Å²) in [6.07, 6.45) is 1.79. The molecule has 1 aliphatic rings. The largest absolute Gasteiger partial charge is 0.465 e. The van der Waals surface area contributed by atoms with E-state index in [1.807, 2.05) is 72.8 Å². The van der Waals surface area contributed by atoms with Gasteiger partial charge in [0.1, 0.15) is 16.4 Å². The second kappa shape index (κ2) is 12.0. The van der Waals surface area contributed by atoms with Gasteiger partial charge in [0.2, 0.25) is 11.1 Å². The van der Waals surface area contributed by atoms with Crippen LogP contribution in [-0.2, 0) is 22.4 Å². The maximum Gasteiger partial charge on any atom is 0.341 e. The second-order valence-electron chi connectivity index (χ2n) is 9.43. The number of carbonyl (C=O) groups is 2. The first-order valence-electron chi connectivity index (χ1n) is 13.2. The normalized spacial score (nSPS) is 11.8. The fraction of sp³-hybridized carbons (Fsp3) is 0.156. The van der Waals surface area contributed by atoms with Crippen molar-refractivity contribution in [2.24, 2.45) is 0 Å². The van der Waals surface area contributed by atoms with Crippen molar-refractivity contribution in [3.05, 3.63) is 102 Å². The van der Waals surface area contributed by atoms with Crippen molar-refractivity contribution in [1.29, 1.82) is 0 Å². The number of hydrogen-bond acceptors (Lipinski definition) is 8. The van der Waals surface area contributed by atoms with Gasteiger partial charge in [0.05, 0.1) is 12.7 Å². The standard InChI is InChI=1S/C32H26N4O3S2/c1-39-31(38)26-24-17-16-20-10-8-9-15-23(20)29(24)41-30(26)33-25(37)18-19-40-32-34-27(21-11-4-2-5-12-21)28(35-36-32)22-13-6-3-7-14-22/h2-15H,16-19H2,1H3,(H,33,37). The molecule has 0 aliphatic heterocycles. The zero-order chi connectivity index (χ0) is 28.2. The Hall–Kier alpha value is -4.34. The molecule has 1 N–H and O–H groups in total. The van der Waals surface area contributed by atoms with Gasteiger partial charge in [-0.05, 0) is 29.5 Å². The summed E-state index contributed by atoms with van der Waals surface area (Å²) in [6.45, 7) is 0. The van der Waals surface area contributed by atoms with E-state index in [9.17, 15) is 9.59 Å². The van der Waals surface area contributed by atoms with Crippen LogP contribution in [0.4, 0.5) is 5.00 Å². The highest BCUT2D eigenvalue weighted by atomic mass is 32.2. The van der Waals surface area contributed by atoms with E-state index < -0.39 is 5.97 Å². The van der Waals surface area contributed by atoms with Gasteiger partial charge in [0.15, 0.2) is 0 Å².